The highest BCUT2D eigenvalue weighted by molar-refractivity contribution is 7.98. The minimum Gasteiger partial charge on any atom is -0.302 e. The summed E-state index contributed by atoms with van der Waals surface area (Å²) in [5, 5.41) is 10.1. The number of nitrogens with zero attached hydrogens (tertiary/aromatic N) is 3. The van der Waals surface area contributed by atoms with Crippen molar-refractivity contribution in [1.82, 2.24) is 14.8 Å². The van der Waals surface area contributed by atoms with Crippen molar-refractivity contribution in [3.8, 4) is 0 Å². The summed E-state index contributed by atoms with van der Waals surface area (Å²) in [5.41, 5.74) is 2.03. The Hall–Kier alpha value is -2.11. The molecule has 0 fully saturated rings. The molecule has 0 saturated heterocycles. The Balaban J connectivity index is 1.76. The summed E-state index contributed by atoms with van der Waals surface area (Å²) in [6.07, 6.45) is 2.49. The zero-order valence-corrected chi connectivity index (χ0v) is 15.1. The summed E-state index contributed by atoms with van der Waals surface area (Å²) in [7, 11) is 0. The van der Waals surface area contributed by atoms with Gasteiger partial charge in [-0.1, -0.05) is 53.7 Å². The third-order valence-corrected chi connectivity index (χ3v) is 4.93. The normalized spacial score (nSPS) is 10.8. The first-order valence-corrected chi connectivity index (χ1v) is 9.16. The maximum absolute atomic E-state index is 13.3. The Kier molecular flexibility index (Phi) is 5.89. The molecule has 0 amide bonds. The van der Waals surface area contributed by atoms with Crippen LogP contribution in [0.2, 0.25) is 5.02 Å². The largest absolute Gasteiger partial charge is 0.302 e. The first kappa shape index (κ1) is 17.7. The second kappa shape index (κ2) is 8.32. The fourth-order valence-electron chi connectivity index (χ4n) is 2.43. The molecule has 0 N–H and O–H groups in total. The van der Waals surface area contributed by atoms with Crippen LogP contribution in [0.5, 0.6) is 0 Å². The van der Waals surface area contributed by atoms with E-state index in [-0.39, 0.29) is 5.82 Å². The van der Waals surface area contributed by atoms with Crippen LogP contribution in [0.3, 0.4) is 0 Å². The molecule has 1 heterocycles. The lowest BCUT2D eigenvalue weighted by Gasteiger charge is -2.08. The highest BCUT2D eigenvalue weighted by Crippen LogP contribution is 2.23. The van der Waals surface area contributed by atoms with Crippen molar-refractivity contribution >= 4 is 23.4 Å². The molecular weight excluding hydrogens is 357 g/mol. The van der Waals surface area contributed by atoms with Gasteiger partial charge in [0.1, 0.15) is 11.6 Å². The number of rotatable bonds is 7. The van der Waals surface area contributed by atoms with Crippen molar-refractivity contribution in [2.45, 2.75) is 23.9 Å². The van der Waals surface area contributed by atoms with Crippen molar-refractivity contribution in [2.24, 2.45) is 0 Å². The molecule has 3 rings (SSSR count). The van der Waals surface area contributed by atoms with Gasteiger partial charge < -0.3 is 4.57 Å². The second-order valence-corrected chi connectivity index (χ2v) is 6.90. The van der Waals surface area contributed by atoms with Gasteiger partial charge in [0.2, 0.25) is 0 Å². The summed E-state index contributed by atoms with van der Waals surface area (Å²) in [5.74, 6) is 1.27. The summed E-state index contributed by atoms with van der Waals surface area (Å²) >= 11 is 7.47. The minimum atomic E-state index is -0.228. The maximum atomic E-state index is 13.3. The van der Waals surface area contributed by atoms with Gasteiger partial charge in [0, 0.05) is 23.7 Å². The molecule has 0 saturated carbocycles. The highest BCUT2D eigenvalue weighted by Gasteiger charge is 2.12. The lowest BCUT2D eigenvalue weighted by atomic mass is 10.1. The van der Waals surface area contributed by atoms with Gasteiger partial charge in [-0.2, -0.15) is 0 Å². The molecule has 0 unspecified atom stereocenters. The molecule has 25 heavy (non-hydrogen) atoms. The van der Waals surface area contributed by atoms with Crippen LogP contribution in [0.4, 0.5) is 4.39 Å². The van der Waals surface area contributed by atoms with E-state index in [0.717, 1.165) is 22.1 Å². The van der Waals surface area contributed by atoms with Crippen LogP contribution in [0, 0.1) is 5.82 Å². The van der Waals surface area contributed by atoms with Crippen LogP contribution in [0.25, 0.3) is 0 Å². The number of thioether (sulfide) groups is 1. The Morgan fingerprint density at radius 3 is 2.64 bits per heavy atom. The average Bonchev–Trinajstić information content (AvgIpc) is 2.97. The quantitative estimate of drug-likeness (QED) is 0.424. The van der Waals surface area contributed by atoms with Crippen molar-refractivity contribution in [3.63, 3.8) is 0 Å². The topological polar surface area (TPSA) is 30.7 Å². The van der Waals surface area contributed by atoms with Gasteiger partial charge in [0.15, 0.2) is 5.16 Å². The van der Waals surface area contributed by atoms with Crippen molar-refractivity contribution < 1.29 is 4.39 Å². The molecule has 1 aromatic heterocycles. The van der Waals surface area contributed by atoms with E-state index in [1.54, 1.807) is 6.07 Å². The Morgan fingerprint density at radius 2 is 1.92 bits per heavy atom. The molecule has 2 aromatic carbocycles. The molecule has 3 nitrogen and oxygen atoms in total. The molecule has 0 atom stereocenters. The van der Waals surface area contributed by atoms with Gasteiger partial charge in [0.25, 0.3) is 0 Å². The number of benzene rings is 2. The van der Waals surface area contributed by atoms with E-state index < -0.39 is 0 Å². The molecule has 6 heteroatoms. The Bertz CT molecular complexity index is 861. The molecule has 0 spiro atoms. The summed E-state index contributed by atoms with van der Waals surface area (Å²) in [4.78, 5) is 0. The highest BCUT2D eigenvalue weighted by atomic mass is 35.5. The maximum Gasteiger partial charge on any atom is 0.191 e. The standard InChI is InChI=1S/C19H17ClFN3S/c1-2-10-24-18(12-14-6-8-16(20)9-7-14)22-23-19(24)25-13-15-4-3-5-17(21)11-15/h2-9,11H,1,10,12-13H2. The molecule has 0 bridgehead atoms. The van der Waals surface area contributed by atoms with Crippen molar-refractivity contribution in [2.75, 3.05) is 0 Å². The zero-order chi connectivity index (χ0) is 17.6. The molecule has 0 aliphatic carbocycles. The molecular formula is C19H17ClFN3S. The zero-order valence-electron chi connectivity index (χ0n) is 13.5. The van der Waals surface area contributed by atoms with E-state index in [2.05, 4.69) is 16.8 Å². The van der Waals surface area contributed by atoms with Crippen LogP contribution in [0.15, 0.2) is 66.3 Å². The van der Waals surface area contributed by atoms with Gasteiger partial charge in [-0.05, 0) is 35.4 Å². The Morgan fingerprint density at radius 1 is 1.12 bits per heavy atom. The van der Waals surface area contributed by atoms with Gasteiger partial charge in [-0.3, -0.25) is 0 Å². The third-order valence-electron chi connectivity index (χ3n) is 3.64. The molecule has 0 radical (unpaired) electrons. The number of halogens is 2. The summed E-state index contributed by atoms with van der Waals surface area (Å²) in [6.45, 7) is 4.44. The minimum absolute atomic E-state index is 0.228. The Labute approximate surface area is 155 Å². The van der Waals surface area contributed by atoms with E-state index in [0.29, 0.717) is 23.7 Å². The summed E-state index contributed by atoms with van der Waals surface area (Å²) in [6, 6.07) is 14.3. The van der Waals surface area contributed by atoms with E-state index in [9.17, 15) is 4.39 Å². The molecule has 0 aliphatic heterocycles. The van der Waals surface area contributed by atoms with Crippen molar-refractivity contribution in [1.29, 1.82) is 0 Å². The smallest absolute Gasteiger partial charge is 0.191 e. The molecule has 3 aromatic rings. The molecule has 0 aliphatic rings. The van der Waals surface area contributed by atoms with Crippen LogP contribution in [0.1, 0.15) is 17.0 Å². The van der Waals surface area contributed by atoms with E-state index in [4.69, 9.17) is 11.6 Å². The van der Waals surface area contributed by atoms with Gasteiger partial charge in [-0.25, -0.2) is 4.39 Å². The van der Waals surface area contributed by atoms with E-state index >= 15 is 0 Å². The molecule has 128 valence electrons. The average molecular weight is 374 g/mol. The van der Waals surface area contributed by atoms with Crippen LogP contribution in [-0.2, 0) is 18.7 Å². The fraction of sp³-hybridized carbons (Fsp3) is 0.158. The first-order chi connectivity index (χ1) is 12.2. The number of hydrogen-bond donors (Lipinski definition) is 0. The van der Waals surface area contributed by atoms with Crippen LogP contribution in [-0.4, -0.2) is 14.8 Å². The lowest BCUT2D eigenvalue weighted by molar-refractivity contribution is 0.626. The van der Waals surface area contributed by atoms with E-state index in [1.807, 2.05) is 41.0 Å². The second-order valence-electron chi connectivity index (χ2n) is 5.52. The van der Waals surface area contributed by atoms with Gasteiger partial charge in [0.05, 0.1) is 0 Å². The summed E-state index contributed by atoms with van der Waals surface area (Å²) < 4.78 is 15.3. The van der Waals surface area contributed by atoms with E-state index in [1.165, 1.54) is 23.9 Å². The van der Waals surface area contributed by atoms with Crippen LogP contribution < -0.4 is 0 Å². The van der Waals surface area contributed by atoms with Gasteiger partial charge >= 0.3 is 0 Å². The number of allylic oxidation sites excluding steroid dienone is 1. The lowest BCUT2D eigenvalue weighted by Crippen LogP contribution is -2.04. The van der Waals surface area contributed by atoms with Crippen molar-refractivity contribution in [3.05, 3.63) is 89.0 Å². The first-order valence-electron chi connectivity index (χ1n) is 7.80. The monoisotopic (exact) mass is 373 g/mol. The third kappa shape index (κ3) is 4.71. The van der Waals surface area contributed by atoms with Gasteiger partial charge in [-0.15, -0.1) is 16.8 Å². The fourth-order valence-corrected chi connectivity index (χ4v) is 3.46. The SMILES string of the molecule is C=CCn1c(Cc2ccc(Cl)cc2)nnc1SCc1cccc(F)c1. The number of aromatic nitrogens is 3. The number of hydrogen-bond acceptors (Lipinski definition) is 3. The van der Waals surface area contributed by atoms with Crippen LogP contribution >= 0.6 is 23.4 Å². The predicted octanol–water partition coefficient (Wildman–Crippen LogP) is 5.14. The predicted molar refractivity (Wildman–Crippen MR) is 100 cm³/mol.